The molecule has 1 aromatic carbocycles. The molecule has 0 saturated carbocycles. The first kappa shape index (κ1) is 14.9. The molecule has 2 N–H and O–H groups in total. The minimum atomic E-state index is -4.50. The molecule has 1 aromatic heterocycles. The first-order chi connectivity index (χ1) is 9.27. The second-order valence-corrected chi connectivity index (χ2v) is 5.17. The number of rotatable bonds is 2. The molecule has 0 radical (unpaired) electrons. The number of anilines is 1. The first-order valence-corrected chi connectivity index (χ1v) is 6.46. The van der Waals surface area contributed by atoms with E-state index in [-0.39, 0.29) is 15.9 Å². The average Bonchev–Trinajstić information content (AvgIpc) is 2.77. The van der Waals surface area contributed by atoms with Crippen molar-refractivity contribution in [2.45, 2.75) is 6.18 Å². The summed E-state index contributed by atoms with van der Waals surface area (Å²) in [5, 5.41) is 2.70. The molecule has 0 atom stereocenters. The summed E-state index contributed by atoms with van der Waals surface area (Å²) in [6.07, 6.45) is -3.10. The molecular weight excluding hydrogens is 360 g/mol. The molecular formula is C12H7BrClF3N2O. The van der Waals surface area contributed by atoms with Crippen LogP contribution in [0.3, 0.4) is 0 Å². The Hall–Kier alpha value is -1.47. The summed E-state index contributed by atoms with van der Waals surface area (Å²) in [6, 6.07) is 4.81. The predicted molar refractivity (Wildman–Crippen MR) is 72.9 cm³/mol. The van der Waals surface area contributed by atoms with Crippen LogP contribution in [-0.2, 0) is 6.18 Å². The molecule has 1 heterocycles. The molecule has 1 amide bonds. The van der Waals surface area contributed by atoms with Crippen molar-refractivity contribution in [2.24, 2.45) is 0 Å². The quantitative estimate of drug-likeness (QED) is 0.794. The van der Waals surface area contributed by atoms with Gasteiger partial charge in [0.15, 0.2) is 0 Å². The van der Waals surface area contributed by atoms with E-state index < -0.39 is 17.6 Å². The van der Waals surface area contributed by atoms with Crippen LogP contribution in [0.2, 0.25) is 5.02 Å². The lowest BCUT2D eigenvalue weighted by Gasteiger charge is -2.11. The Bertz CT molecular complexity index is 654. The number of H-pyrrole nitrogens is 1. The van der Waals surface area contributed by atoms with Gasteiger partial charge in [-0.2, -0.15) is 13.2 Å². The van der Waals surface area contributed by atoms with Crippen LogP contribution < -0.4 is 5.32 Å². The molecule has 0 fully saturated rings. The van der Waals surface area contributed by atoms with Crippen LogP contribution in [0, 0.1) is 0 Å². The molecule has 2 aromatic rings. The van der Waals surface area contributed by atoms with Gasteiger partial charge in [-0.3, -0.25) is 4.79 Å². The topological polar surface area (TPSA) is 44.9 Å². The standard InChI is InChI=1S/C12H7BrClF3N2O/c13-9-2-1-7(4-8(9)12(15,16)17)19-11(20)10-3-6(14)5-18-10/h1-5,18H,(H,19,20). The number of aromatic amines is 1. The van der Waals surface area contributed by atoms with E-state index >= 15 is 0 Å². The lowest BCUT2D eigenvalue weighted by Crippen LogP contribution is -2.13. The van der Waals surface area contributed by atoms with Crippen LogP contribution in [0.1, 0.15) is 16.1 Å². The fraction of sp³-hybridized carbons (Fsp3) is 0.0833. The van der Waals surface area contributed by atoms with Crippen molar-refractivity contribution in [3.05, 3.63) is 51.2 Å². The summed E-state index contributed by atoms with van der Waals surface area (Å²) in [7, 11) is 0. The van der Waals surface area contributed by atoms with Crippen molar-refractivity contribution in [3.63, 3.8) is 0 Å². The third-order valence-corrected chi connectivity index (χ3v) is 3.33. The molecule has 2 rings (SSSR count). The van der Waals surface area contributed by atoms with Crippen molar-refractivity contribution in [1.29, 1.82) is 0 Å². The van der Waals surface area contributed by atoms with E-state index in [4.69, 9.17) is 11.6 Å². The molecule has 8 heteroatoms. The maximum Gasteiger partial charge on any atom is 0.417 e. The van der Waals surface area contributed by atoms with E-state index in [1.807, 2.05) is 0 Å². The zero-order chi connectivity index (χ0) is 14.9. The van der Waals surface area contributed by atoms with Crippen LogP contribution in [0.4, 0.5) is 18.9 Å². The normalized spacial score (nSPS) is 11.4. The third kappa shape index (κ3) is 3.34. The summed E-state index contributed by atoms with van der Waals surface area (Å²) in [6.45, 7) is 0. The maximum absolute atomic E-state index is 12.7. The van der Waals surface area contributed by atoms with Gasteiger partial charge < -0.3 is 10.3 Å². The number of hydrogen-bond donors (Lipinski definition) is 2. The molecule has 20 heavy (non-hydrogen) atoms. The van der Waals surface area contributed by atoms with Gasteiger partial charge in [-0.1, -0.05) is 27.5 Å². The Morgan fingerprint density at radius 1 is 1.30 bits per heavy atom. The van der Waals surface area contributed by atoms with Crippen molar-refractivity contribution in [2.75, 3.05) is 5.32 Å². The van der Waals surface area contributed by atoms with Crippen molar-refractivity contribution < 1.29 is 18.0 Å². The summed E-state index contributed by atoms with van der Waals surface area (Å²) < 4.78 is 38.1. The van der Waals surface area contributed by atoms with Gasteiger partial charge in [0, 0.05) is 16.4 Å². The molecule has 0 aliphatic heterocycles. The Morgan fingerprint density at radius 3 is 2.55 bits per heavy atom. The van der Waals surface area contributed by atoms with E-state index in [2.05, 4.69) is 26.2 Å². The van der Waals surface area contributed by atoms with Gasteiger partial charge >= 0.3 is 6.18 Å². The van der Waals surface area contributed by atoms with Crippen LogP contribution in [0.5, 0.6) is 0 Å². The minimum absolute atomic E-state index is 0.0382. The molecule has 0 unspecified atom stereocenters. The highest BCUT2D eigenvalue weighted by atomic mass is 79.9. The number of nitrogens with one attached hydrogen (secondary N) is 2. The van der Waals surface area contributed by atoms with Crippen molar-refractivity contribution >= 4 is 39.1 Å². The zero-order valence-electron chi connectivity index (χ0n) is 9.68. The summed E-state index contributed by atoms with van der Waals surface area (Å²) in [5.74, 6) is -0.577. The largest absolute Gasteiger partial charge is 0.417 e. The van der Waals surface area contributed by atoms with Gasteiger partial charge in [0.05, 0.1) is 10.6 Å². The van der Waals surface area contributed by atoms with Gasteiger partial charge in [0.2, 0.25) is 0 Å². The fourth-order valence-corrected chi connectivity index (χ4v) is 2.15. The number of amides is 1. The van der Waals surface area contributed by atoms with Crippen LogP contribution in [0.15, 0.2) is 34.9 Å². The summed E-state index contributed by atoms with van der Waals surface area (Å²) >= 11 is 8.47. The van der Waals surface area contributed by atoms with E-state index in [1.165, 1.54) is 24.4 Å². The van der Waals surface area contributed by atoms with E-state index in [0.29, 0.717) is 5.02 Å². The van der Waals surface area contributed by atoms with Crippen LogP contribution in [-0.4, -0.2) is 10.9 Å². The molecule has 0 spiro atoms. The van der Waals surface area contributed by atoms with E-state index in [1.54, 1.807) is 0 Å². The second kappa shape index (κ2) is 5.49. The Morgan fingerprint density at radius 2 is 2.00 bits per heavy atom. The molecule has 0 saturated heterocycles. The predicted octanol–water partition coefficient (Wildman–Crippen LogP) is 4.70. The smallest absolute Gasteiger partial charge is 0.356 e. The van der Waals surface area contributed by atoms with Gasteiger partial charge in [0.25, 0.3) is 5.91 Å². The number of aromatic nitrogens is 1. The minimum Gasteiger partial charge on any atom is -0.356 e. The second-order valence-electron chi connectivity index (χ2n) is 3.88. The number of halogens is 5. The van der Waals surface area contributed by atoms with Crippen LogP contribution in [0.25, 0.3) is 0 Å². The summed E-state index contributed by atoms with van der Waals surface area (Å²) in [5.41, 5.74) is -0.664. The fourth-order valence-electron chi connectivity index (χ4n) is 1.52. The highest BCUT2D eigenvalue weighted by Crippen LogP contribution is 2.36. The van der Waals surface area contributed by atoms with Gasteiger partial charge in [-0.25, -0.2) is 0 Å². The number of carbonyl (C=O) groups excluding carboxylic acids is 1. The molecule has 3 nitrogen and oxygen atoms in total. The Kier molecular flexibility index (Phi) is 4.10. The average molecular weight is 368 g/mol. The zero-order valence-corrected chi connectivity index (χ0v) is 12.0. The number of benzene rings is 1. The Labute approximate surface area is 125 Å². The number of hydrogen-bond acceptors (Lipinski definition) is 1. The highest BCUT2D eigenvalue weighted by molar-refractivity contribution is 9.10. The highest BCUT2D eigenvalue weighted by Gasteiger charge is 2.33. The van der Waals surface area contributed by atoms with Crippen LogP contribution >= 0.6 is 27.5 Å². The first-order valence-electron chi connectivity index (χ1n) is 5.29. The molecule has 106 valence electrons. The monoisotopic (exact) mass is 366 g/mol. The number of carbonyl (C=O) groups is 1. The SMILES string of the molecule is O=C(Nc1ccc(Br)c(C(F)(F)F)c1)c1cc(Cl)c[nH]1. The van der Waals surface area contributed by atoms with E-state index in [0.717, 1.165) is 6.07 Å². The maximum atomic E-state index is 12.7. The number of alkyl halides is 3. The van der Waals surface area contributed by atoms with Gasteiger partial charge in [0.1, 0.15) is 5.69 Å². The van der Waals surface area contributed by atoms with Crippen molar-refractivity contribution in [1.82, 2.24) is 4.98 Å². The molecule has 0 aliphatic carbocycles. The van der Waals surface area contributed by atoms with Gasteiger partial charge in [-0.05, 0) is 24.3 Å². The van der Waals surface area contributed by atoms with Gasteiger partial charge in [-0.15, -0.1) is 0 Å². The lowest BCUT2D eigenvalue weighted by atomic mass is 10.2. The molecule has 0 bridgehead atoms. The lowest BCUT2D eigenvalue weighted by molar-refractivity contribution is -0.138. The van der Waals surface area contributed by atoms with E-state index in [9.17, 15) is 18.0 Å². The third-order valence-electron chi connectivity index (χ3n) is 2.42. The summed E-state index contributed by atoms with van der Waals surface area (Å²) in [4.78, 5) is 14.4. The Balaban J connectivity index is 2.24. The van der Waals surface area contributed by atoms with Crippen molar-refractivity contribution in [3.8, 4) is 0 Å². The molecule has 0 aliphatic rings.